The summed E-state index contributed by atoms with van der Waals surface area (Å²) in [7, 11) is 2.21. The molecule has 2 aliphatic rings. The second-order valence-corrected chi connectivity index (χ2v) is 9.53. The number of rotatable bonds is 6. The number of likely N-dealkylation sites (N-methyl/N-ethyl adjacent to an activating group) is 1. The molecule has 0 amide bonds. The van der Waals surface area contributed by atoms with Gasteiger partial charge in [-0.1, -0.05) is 6.07 Å². The minimum absolute atomic E-state index is 0.596. The largest absolute Gasteiger partial charge is 0.322 e. The van der Waals surface area contributed by atoms with Gasteiger partial charge in [-0.25, -0.2) is 4.98 Å². The first-order chi connectivity index (χ1) is 17.1. The summed E-state index contributed by atoms with van der Waals surface area (Å²) in [5, 5.41) is 2.01. The first-order valence-electron chi connectivity index (χ1n) is 12.1. The third-order valence-electron chi connectivity index (χ3n) is 6.90. The third-order valence-corrected chi connectivity index (χ3v) is 6.90. The highest BCUT2D eigenvalue weighted by atomic mass is 15.7. The summed E-state index contributed by atoms with van der Waals surface area (Å²) < 4.78 is 4.19. The van der Waals surface area contributed by atoms with Crippen LogP contribution in [0.5, 0.6) is 0 Å². The van der Waals surface area contributed by atoms with E-state index in [-0.39, 0.29) is 0 Å². The molecule has 0 aromatic carbocycles. The zero-order chi connectivity index (χ0) is 23.8. The predicted octanol–water partition coefficient (Wildman–Crippen LogP) is 2.48. The van der Waals surface area contributed by atoms with Gasteiger partial charge < -0.3 is 19.3 Å². The van der Waals surface area contributed by atoms with Crippen molar-refractivity contribution in [3.05, 3.63) is 90.5 Å². The molecule has 9 nitrogen and oxygen atoms in total. The molecule has 0 radical (unpaired) electrons. The standard InChI is InChI=1S/C26H31N9/c1-20-14-32(10-9-31(20)2)15-21-5-6-26-28-23(17-34(26)16-21)18-35-19-25(29-30-35)22-11-24(13-27-12-22)33-7-3-4-8-33/h3-8,11-13,16-17,19-20,29-30H,9-10,14-15,18H2,1-2H3/t20-/m1/s1. The molecule has 0 saturated carbocycles. The van der Waals surface area contributed by atoms with Crippen LogP contribution in [0.15, 0.2) is 73.7 Å². The molecule has 180 valence electrons. The van der Waals surface area contributed by atoms with E-state index < -0.39 is 0 Å². The van der Waals surface area contributed by atoms with Crippen LogP contribution in [0.1, 0.15) is 23.7 Å². The molecule has 6 rings (SSSR count). The summed E-state index contributed by atoms with van der Waals surface area (Å²) >= 11 is 0. The Morgan fingerprint density at radius 2 is 1.94 bits per heavy atom. The Labute approximate surface area is 205 Å². The Morgan fingerprint density at radius 1 is 1.06 bits per heavy atom. The predicted molar refractivity (Wildman–Crippen MR) is 136 cm³/mol. The minimum atomic E-state index is 0.596. The average Bonchev–Trinajstić information content (AvgIpc) is 3.62. The van der Waals surface area contributed by atoms with E-state index in [9.17, 15) is 0 Å². The van der Waals surface area contributed by atoms with Crippen LogP contribution in [0.4, 0.5) is 0 Å². The minimum Gasteiger partial charge on any atom is -0.322 e. The van der Waals surface area contributed by atoms with Crippen molar-refractivity contribution in [3.63, 3.8) is 0 Å². The second-order valence-electron chi connectivity index (χ2n) is 9.53. The van der Waals surface area contributed by atoms with Gasteiger partial charge in [-0.2, -0.15) is 0 Å². The highest BCUT2D eigenvalue weighted by Gasteiger charge is 2.21. The first-order valence-corrected chi connectivity index (χ1v) is 12.1. The van der Waals surface area contributed by atoms with Crippen molar-refractivity contribution in [1.29, 1.82) is 0 Å². The molecule has 1 fully saturated rings. The quantitative estimate of drug-likeness (QED) is 0.450. The highest BCUT2D eigenvalue weighted by molar-refractivity contribution is 5.65. The summed E-state index contributed by atoms with van der Waals surface area (Å²) in [5.74, 6) is 0. The lowest BCUT2D eigenvalue weighted by molar-refractivity contribution is 0.0999. The fourth-order valence-corrected chi connectivity index (χ4v) is 4.77. The van der Waals surface area contributed by atoms with Gasteiger partial charge in [0.2, 0.25) is 0 Å². The lowest BCUT2D eigenvalue weighted by atomic mass is 10.2. The maximum Gasteiger partial charge on any atom is 0.137 e. The monoisotopic (exact) mass is 469 g/mol. The maximum atomic E-state index is 4.82. The van der Waals surface area contributed by atoms with Gasteiger partial charge in [-0.05, 0) is 43.8 Å². The van der Waals surface area contributed by atoms with E-state index in [2.05, 4.69) is 80.9 Å². The number of hydrogen-bond donors (Lipinski definition) is 2. The maximum absolute atomic E-state index is 4.82. The smallest absolute Gasteiger partial charge is 0.137 e. The first kappa shape index (κ1) is 21.8. The number of hydrogen-bond acceptors (Lipinski definition) is 7. The van der Waals surface area contributed by atoms with Gasteiger partial charge in [0.25, 0.3) is 0 Å². The van der Waals surface area contributed by atoms with Crippen LogP contribution < -0.4 is 11.0 Å². The van der Waals surface area contributed by atoms with Crippen molar-refractivity contribution in [1.82, 2.24) is 44.7 Å². The van der Waals surface area contributed by atoms with Crippen LogP contribution in [0.2, 0.25) is 0 Å². The number of nitrogens with zero attached hydrogens (tertiary/aromatic N) is 7. The lowest BCUT2D eigenvalue weighted by Crippen LogP contribution is -2.49. The molecule has 1 atom stereocenters. The summed E-state index contributed by atoms with van der Waals surface area (Å²) in [6, 6.07) is 11.0. The SMILES string of the molecule is C[C@@H]1CN(Cc2ccc3nc(CN4C=C(c5cncc(-n6cccc6)c5)NN4)cn3c2)CCN1C. The fraction of sp³-hybridized carbons (Fsp3) is 0.308. The Hall–Kier alpha value is -3.66. The Morgan fingerprint density at radius 3 is 2.80 bits per heavy atom. The van der Waals surface area contributed by atoms with Crippen molar-refractivity contribution in [2.24, 2.45) is 0 Å². The molecule has 1 saturated heterocycles. The van der Waals surface area contributed by atoms with E-state index in [1.165, 1.54) is 5.56 Å². The van der Waals surface area contributed by atoms with E-state index in [0.717, 1.165) is 54.5 Å². The van der Waals surface area contributed by atoms with Gasteiger partial charge in [-0.3, -0.25) is 14.9 Å². The molecule has 4 aromatic heterocycles. The number of aromatic nitrogens is 4. The number of nitrogens with one attached hydrogen (secondary N) is 2. The fourth-order valence-electron chi connectivity index (χ4n) is 4.77. The second kappa shape index (κ2) is 9.18. The Balaban J connectivity index is 1.13. The van der Waals surface area contributed by atoms with E-state index in [0.29, 0.717) is 12.6 Å². The summed E-state index contributed by atoms with van der Waals surface area (Å²) in [5.41, 5.74) is 12.8. The summed E-state index contributed by atoms with van der Waals surface area (Å²) in [6.45, 7) is 7.26. The van der Waals surface area contributed by atoms with Crippen LogP contribution in [-0.4, -0.2) is 66.5 Å². The van der Waals surface area contributed by atoms with Crippen molar-refractivity contribution in [2.45, 2.75) is 26.1 Å². The normalized spacial score (nSPS) is 19.3. The third kappa shape index (κ3) is 4.66. The van der Waals surface area contributed by atoms with Crippen LogP contribution >= 0.6 is 0 Å². The van der Waals surface area contributed by atoms with Crippen LogP contribution in [0, 0.1) is 0 Å². The molecule has 4 aromatic rings. The molecule has 2 aliphatic heterocycles. The van der Waals surface area contributed by atoms with Crippen molar-refractivity contribution >= 4 is 11.3 Å². The van der Waals surface area contributed by atoms with Crippen molar-refractivity contribution < 1.29 is 0 Å². The molecule has 0 bridgehead atoms. The van der Waals surface area contributed by atoms with Gasteiger partial charge in [0.15, 0.2) is 0 Å². The van der Waals surface area contributed by atoms with Gasteiger partial charge in [0.1, 0.15) is 5.65 Å². The number of piperazine rings is 1. The molecule has 6 heterocycles. The van der Waals surface area contributed by atoms with Crippen LogP contribution in [-0.2, 0) is 13.1 Å². The number of fused-ring (bicyclic) bond motifs is 1. The molecule has 0 unspecified atom stereocenters. The molecule has 0 spiro atoms. The van der Waals surface area contributed by atoms with Gasteiger partial charge in [-0.15, -0.1) is 5.53 Å². The van der Waals surface area contributed by atoms with Gasteiger partial charge in [0, 0.05) is 75.0 Å². The van der Waals surface area contributed by atoms with Gasteiger partial charge >= 0.3 is 0 Å². The van der Waals surface area contributed by atoms with E-state index >= 15 is 0 Å². The molecule has 2 N–H and O–H groups in total. The van der Waals surface area contributed by atoms with E-state index in [1.807, 2.05) is 46.5 Å². The zero-order valence-corrected chi connectivity index (χ0v) is 20.2. The average molecular weight is 470 g/mol. The number of pyridine rings is 2. The van der Waals surface area contributed by atoms with Crippen LogP contribution in [0.3, 0.4) is 0 Å². The topological polar surface area (TPSA) is 68.9 Å². The molecule has 9 heteroatoms. The zero-order valence-electron chi connectivity index (χ0n) is 20.2. The summed E-state index contributed by atoms with van der Waals surface area (Å²) in [6.07, 6.45) is 14.1. The summed E-state index contributed by atoms with van der Waals surface area (Å²) in [4.78, 5) is 14.2. The number of hydrazine groups is 2. The van der Waals surface area contributed by atoms with E-state index in [1.54, 1.807) is 0 Å². The number of imidazole rings is 1. The Bertz CT molecular complexity index is 1340. The molecule has 0 aliphatic carbocycles. The molecular weight excluding hydrogens is 438 g/mol. The van der Waals surface area contributed by atoms with Gasteiger partial charge in [0.05, 0.1) is 29.8 Å². The van der Waals surface area contributed by atoms with E-state index in [4.69, 9.17) is 4.98 Å². The molecule has 35 heavy (non-hydrogen) atoms. The highest BCUT2D eigenvalue weighted by Crippen LogP contribution is 2.19. The van der Waals surface area contributed by atoms with Crippen molar-refractivity contribution in [3.8, 4) is 5.69 Å². The van der Waals surface area contributed by atoms with Crippen molar-refractivity contribution in [2.75, 3.05) is 26.7 Å². The lowest BCUT2D eigenvalue weighted by Gasteiger charge is -2.37. The Kier molecular flexibility index (Phi) is 5.73. The van der Waals surface area contributed by atoms with Crippen LogP contribution in [0.25, 0.3) is 17.0 Å². The molecular formula is C26H31N9.